The Bertz CT molecular complexity index is 235. The van der Waals surface area contributed by atoms with Crippen molar-refractivity contribution in [1.29, 1.82) is 0 Å². The minimum absolute atomic E-state index is 0.0585. The highest BCUT2D eigenvalue weighted by Crippen LogP contribution is 2.17. The normalized spacial score (nSPS) is 10.0. The molecule has 0 N–H and O–H groups in total. The van der Waals surface area contributed by atoms with Crippen molar-refractivity contribution >= 4 is 15.9 Å². The van der Waals surface area contributed by atoms with E-state index in [-0.39, 0.29) is 5.56 Å². The molecule has 10 heavy (non-hydrogen) atoms. The number of benzene rings is 1. The van der Waals surface area contributed by atoms with Gasteiger partial charge in [-0.2, -0.15) is 0 Å². The first-order chi connectivity index (χ1) is 4.61. The fraction of sp³-hybridized carbons (Fsp3) is 0.143. The Morgan fingerprint density at radius 2 is 1.60 bits per heavy atom. The molecule has 0 saturated carbocycles. The number of rotatable bonds is 0. The van der Waals surface area contributed by atoms with E-state index < -0.39 is 11.6 Å². The molecular weight excluding hydrogens is 202 g/mol. The lowest BCUT2D eigenvalue weighted by molar-refractivity contribution is 0.566. The molecule has 0 amide bonds. The van der Waals surface area contributed by atoms with Gasteiger partial charge < -0.3 is 0 Å². The van der Waals surface area contributed by atoms with Gasteiger partial charge in [0.2, 0.25) is 0 Å². The van der Waals surface area contributed by atoms with E-state index >= 15 is 0 Å². The first-order valence-electron chi connectivity index (χ1n) is 2.72. The minimum atomic E-state index is -0.521. The molecule has 1 rings (SSSR count). The lowest BCUT2D eigenvalue weighted by atomic mass is 10.2. The predicted molar refractivity (Wildman–Crippen MR) is 38.8 cm³/mol. The lowest BCUT2D eigenvalue weighted by Crippen LogP contribution is -1.87. The fourth-order valence-electron chi connectivity index (χ4n) is 0.614. The monoisotopic (exact) mass is 206 g/mol. The molecule has 0 radical (unpaired) electrons. The molecule has 0 atom stereocenters. The van der Waals surface area contributed by atoms with Crippen molar-refractivity contribution in [1.82, 2.24) is 0 Å². The molecule has 0 unspecified atom stereocenters. The largest absolute Gasteiger partial charge is 0.207 e. The van der Waals surface area contributed by atoms with Gasteiger partial charge in [-0.05, 0) is 19.1 Å². The maximum Gasteiger partial charge on any atom is 0.130 e. The Hall–Kier alpha value is -0.440. The summed E-state index contributed by atoms with van der Waals surface area (Å²) in [7, 11) is 0. The molecule has 0 nitrogen and oxygen atoms in total. The predicted octanol–water partition coefficient (Wildman–Crippen LogP) is 3.04. The van der Waals surface area contributed by atoms with Gasteiger partial charge >= 0.3 is 0 Å². The summed E-state index contributed by atoms with van der Waals surface area (Å²) in [4.78, 5) is 0. The van der Waals surface area contributed by atoms with Gasteiger partial charge in [0.15, 0.2) is 0 Å². The number of hydrogen-bond donors (Lipinski definition) is 0. The maximum atomic E-state index is 12.6. The summed E-state index contributed by atoms with van der Waals surface area (Å²) in [5.74, 6) is -1.04. The summed E-state index contributed by atoms with van der Waals surface area (Å²) in [6.07, 6.45) is 0. The van der Waals surface area contributed by atoms with Crippen molar-refractivity contribution in [3.05, 3.63) is 33.8 Å². The van der Waals surface area contributed by atoms with Gasteiger partial charge in [-0.25, -0.2) is 8.78 Å². The summed E-state index contributed by atoms with van der Waals surface area (Å²) in [5.41, 5.74) is 0.0585. The maximum absolute atomic E-state index is 12.6. The molecule has 1 aromatic rings. The van der Waals surface area contributed by atoms with Crippen LogP contribution in [0.4, 0.5) is 8.78 Å². The summed E-state index contributed by atoms with van der Waals surface area (Å²) in [5, 5.41) is 0. The van der Waals surface area contributed by atoms with Crippen molar-refractivity contribution in [2.24, 2.45) is 0 Å². The van der Waals surface area contributed by atoms with Crippen LogP contribution >= 0.6 is 15.9 Å². The van der Waals surface area contributed by atoms with E-state index in [0.717, 1.165) is 0 Å². The van der Waals surface area contributed by atoms with Gasteiger partial charge in [0, 0.05) is 10.0 Å². The molecule has 0 fully saturated rings. The quantitative estimate of drug-likeness (QED) is 0.613. The molecule has 0 heterocycles. The van der Waals surface area contributed by atoms with Gasteiger partial charge in [-0.15, -0.1) is 0 Å². The van der Waals surface area contributed by atoms with Crippen LogP contribution in [0.25, 0.3) is 0 Å². The molecule has 3 heteroatoms. The number of halogens is 3. The van der Waals surface area contributed by atoms with Gasteiger partial charge in [0.25, 0.3) is 0 Å². The molecule has 0 aromatic heterocycles. The molecule has 54 valence electrons. The first-order valence-corrected chi connectivity index (χ1v) is 3.51. The van der Waals surface area contributed by atoms with E-state index in [4.69, 9.17) is 0 Å². The summed E-state index contributed by atoms with van der Waals surface area (Å²) in [6, 6.07) is 2.47. The van der Waals surface area contributed by atoms with Gasteiger partial charge in [0.1, 0.15) is 11.6 Å². The molecule has 1 aromatic carbocycles. The summed E-state index contributed by atoms with van der Waals surface area (Å²) < 4.78 is 25.6. The minimum Gasteiger partial charge on any atom is -0.207 e. The van der Waals surface area contributed by atoms with Crippen molar-refractivity contribution in [3.8, 4) is 0 Å². The highest BCUT2D eigenvalue weighted by atomic mass is 79.9. The molecule has 0 aliphatic carbocycles. The molecule has 0 saturated heterocycles. The lowest BCUT2D eigenvalue weighted by Gasteiger charge is -1.97. The smallest absolute Gasteiger partial charge is 0.130 e. The second-order valence-corrected chi connectivity index (χ2v) is 2.91. The molecule has 0 aliphatic heterocycles. The Balaban J connectivity index is 3.31. The van der Waals surface area contributed by atoms with Crippen LogP contribution in [0.2, 0.25) is 0 Å². The number of hydrogen-bond acceptors (Lipinski definition) is 0. The van der Waals surface area contributed by atoms with Crippen LogP contribution in [0.1, 0.15) is 5.56 Å². The van der Waals surface area contributed by atoms with Crippen molar-refractivity contribution in [2.75, 3.05) is 0 Å². The van der Waals surface area contributed by atoms with E-state index in [1.807, 2.05) is 0 Å². The second-order valence-electron chi connectivity index (χ2n) is 1.99. The van der Waals surface area contributed by atoms with E-state index in [1.54, 1.807) is 0 Å². The second kappa shape index (κ2) is 2.66. The average molecular weight is 207 g/mol. The van der Waals surface area contributed by atoms with Crippen LogP contribution in [0, 0.1) is 18.6 Å². The Labute approximate surface area is 66.0 Å². The van der Waals surface area contributed by atoms with Gasteiger partial charge in [-0.1, -0.05) is 15.9 Å². The zero-order chi connectivity index (χ0) is 7.72. The third-order valence-electron chi connectivity index (χ3n) is 1.25. The Morgan fingerprint density at radius 3 is 2.00 bits per heavy atom. The van der Waals surface area contributed by atoms with E-state index in [0.29, 0.717) is 4.47 Å². The van der Waals surface area contributed by atoms with Crippen LogP contribution in [-0.4, -0.2) is 0 Å². The Kier molecular flexibility index (Phi) is 2.04. The highest BCUT2D eigenvalue weighted by molar-refractivity contribution is 9.10. The standard InChI is InChI=1S/C7H5BrF2/c1-4-6(9)2-5(8)3-7(4)10/h2-3H,1H3. The SMILES string of the molecule is Cc1c(F)cc(Br)cc1F. The first kappa shape index (κ1) is 7.66. The third kappa shape index (κ3) is 1.34. The zero-order valence-electron chi connectivity index (χ0n) is 5.29. The fourth-order valence-corrected chi connectivity index (χ4v) is 1.02. The third-order valence-corrected chi connectivity index (χ3v) is 1.70. The average Bonchev–Trinajstić information content (AvgIpc) is 1.82. The summed E-state index contributed by atoms with van der Waals surface area (Å²) in [6.45, 7) is 1.40. The van der Waals surface area contributed by atoms with Crippen LogP contribution < -0.4 is 0 Å². The topological polar surface area (TPSA) is 0 Å². The zero-order valence-corrected chi connectivity index (χ0v) is 6.87. The molecule has 0 spiro atoms. The van der Waals surface area contributed by atoms with Crippen molar-refractivity contribution in [2.45, 2.75) is 6.92 Å². The van der Waals surface area contributed by atoms with E-state index in [2.05, 4.69) is 15.9 Å². The van der Waals surface area contributed by atoms with Crippen LogP contribution in [0.3, 0.4) is 0 Å². The Morgan fingerprint density at radius 1 is 1.20 bits per heavy atom. The van der Waals surface area contributed by atoms with Gasteiger partial charge in [0.05, 0.1) is 0 Å². The van der Waals surface area contributed by atoms with Gasteiger partial charge in [-0.3, -0.25) is 0 Å². The van der Waals surface area contributed by atoms with Crippen molar-refractivity contribution < 1.29 is 8.78 Å². The van der Waals surface area contributed by atoms with Crippen LogP contribution in [-0.2, 0) is 0 Å². The van der Waals surface area contributed by atoms with E-state index in [9.17, 15) is 8.78 Å². The highest BCUT2D eigenvalue weighted by Gasteiger charge is 2.03. The van der Waals surface area contributed by atoms with Crippen molar-refractivity contribution in [3.63, 3.8) is 0 Å². The van der Waals surface area contributed by atoms with Crippen LogP contribution in [0.15, 0.2) is 16.6 Å². The molecule has 0 bridgehead atoms. The van der Waals surface area contributed by atoms with E-state index in [1.165, 1.54) is 19.1 Å². The molecular formula is C7H5BrF2. The summed E-state index contributed by atoms with van der Waals surface area (Å²) >= 11 is 2.97. The molecule has 0 aliphatic rings. The van der Waals surface area contributed by atoms with Crippen LogP contribution in [0.5, 0.6) is 0 Å².